The largest absolute Gasteiger partial charge is 0.494 e. The third-order valence-corrected chi connectivity index (χ3v) is 17.3. The quantitative estimate of drug-likeness (QED) is 0.0169. The standard InChI is InChI=1S/C63H103N5O31/c1-8-9-10-11-12-13-14-15-16-20-88-35-19-17-18-34(21-35)57(86)64-28(2)59(92-37(23-70)36(78)22-69)96-53-38(24-71)93-60(43(48(53)81)66-31(5)75)97-54-39(25-72)94-61(44(49(54)82)67-32(6)76)98-55-40(26-73)95-62(45(50(55)83)68-33(7)77)99-56-41(91-58(87)42(47(56)80)65-30(4)74)27-89-63-52(85)51(84)46(79)29(3)90-63/h13-14,17-19,21,28-29,36-56,58-63,69-73,78-85,87H,8-12,15-16,20,22-27H2,1-7H3,(H,64,86)(H,65,74)(H,66,75)(H,67,76)(H,68,77)/b14-13-/t28?,29?,36-,37?,38?,39?,40?,41?,42?,43?,44?,45?,46+,47?,48?,49?,50?,51?,52?,53+,54+,55+,56+,58+,59-,60-,61-,62-,63+/m0/s1. The topological polar surface area (TPSA) is 539 Å². The summed E-state index contributed by atoms with van der Waals surface area (Å²) in [7, 11) is 0. The van der Waals surface area contributed by atoms with Crippen LogP contribution in [0.3, 0.4) is 0 Å². The molecular formula is C63H103N5O31. The molecule has 19 N–H and O–H groups in total. The highest BCUT2D eigenvalue weighted by Crippen LogP contribution is 2.36. The molecule has 0 saturated carbocycles. The molecular weight excluding hydrogens is 1320 g/mol. The van der Waals surface area contributed by atoms with Crippen LogP contribution >= 0.6 is 0 Å². The first kappa shape index (κ1) is 83.1. The van der Waals surface area contributed by atoms with Gasteiger partial charge in [-0.2, -0.15) is 0 Å². The van der Waals surface area contributed by atoms with Gasteiger partial charge in [0.2, 0.25) is 23.6 Å². The summed E-state index contributed by atoms with van der Waals surface area (Å²) in [4.78, 5) is 65.0. The highest BCUT2D eigenvalue weighted by atomic mass is 16.8. The summed E-state index contributed by atoms with van der Waals surface area (Å²) in [6.07, 6.45) is -31.4. The normalized spacial score (nSPS) is 36.2. The Morgan fingerprint density at radius 1 is 0.556 bits per heavy atom. The van der Waals surface area contributed by atoms with Crippen LogP contribution in [0.1, 0.15) is 104 Å². The maximum absolute atomic E-state index is 13.9. The van der Waals surface area contributed by atoms with Crippen LogP contribution < -0.4 is 31.3 Å². The molecule has 99 heavy (non-hydrogen) atoms. The first-order valence-corrected chi connectivity index (χ1v) is 33.2. The summed E-state index contributed by atoms with van der Waals surface area (Å²) in [5, 5.41) is 167. The lowest BCUT2D eigenvalue weighted by Gasteiger charge is -2.51. The highest BCUT2D eigenvalue weighted by molar-refractivity contribution is 5.94. The van der Waals surface area contributed by atoms with Gasteiger partial charge in [0.05, 0.1) is 58.4 Å². The minimum atomic E-state index is -2.07. The molecule has 0 aromatic heterocycles. The number of rotatable bonds is 36. The smallest absolute Gasteiger partial charge is 0.251 e. The van der Waals surface area contributed by atoms with Crippen molar-refractivity contribution in [1.82, 2.24) is 26.6 Å². The van der Waals surface area contributed by atoms with E-state index in [0.717, 1.165) is 53.4 Å². The van der Waals surface area contributed by atoms with Gasteiger partial charge in [-0.25, -0.2) is 0 Å². The number of carbonyl (C=O) groups excluding carboxylic acids is 5. The molecule has 17 unspecified atom stereocenters. The molecule has 5 fully saturated rings. The predicted octanol–water partition coefficient (Wildman–Crippen LogP) is -6.74. The Labute approximate surface area is 572 Å². The molecule has 1 aromatic rings. The van der Waals surface area contributed by atoms with Gasteiger partial charge in [-0.15, -0.1) is 0 Å². The molecule has 36 heteroatoms. The van der Waals surface area contributed by atoms with Gasteiger partial charge in [0.25, 0.3) is 5.91 Å². The summed E-state index contributed by atoms with van der Waals surface area (Å²) in [5.41, 5.74) is 0.129. The molecule has 0 radical (unpaired) electrons. The summed E-state index contributed by atoms with van der Waals surface area (Å²) in [6, 6.07) is -1.93. The van der Waals surface area contributed by atoms with Gasteiger partial charge in [0.15, 0.2) is 37.7 Å². The van der Waals surface area contributed by atoms with E-state index in [4.69, 9.17) is 56.8 Å². The Hall–Kier alpha value is -4.89. The van der Waals surface area contributed by atoms with E-state index in [9.17, 15) is 95.5 Å². The second kappa shape index (κ2) is 40.2. The maximum atomic E-state index is 13.9. The van der Waals surface area contributed by atoms with Crippen LogP contribution in [0, 0.1) is 0 Å². The van der Waals surface area contributed by atoms with Crippen LogP contribution in [-0.4, -0.2) is 325 Å². The Balaban J connectivity index is 1.20. The lowest BCUT2D eigenvalue weighted by Crippen LogP contribution is -2.72. The van der Waals surface area contributed by atoms with Crippen molar-refractivity contribution in [2.45, 2.75) is 271 Å². The average molecular weight is 1430 g/mol. The van der Waals surface area contributed by atoms with Crippen molar-refractivity contribution in [3.05, 3.63) is 42.0 Å². The van der Waals surface area contributed by atoms with E-state index in [-0.39, 0.29) is 5.56 Å². The summed E-state index contributed by atoms with van der Waals surface area (Å²) in [5.74, 6) is -3.54. The van der Waals surface area contributed by atoms with Crippen LogP contribution in [0.2, 0.25) is 0 Å². The van der Waals surface area contributed by atoms with Gasteiger partial charge in [-0.05, 0) is 57.7 Å². The number of allylic oxidation sites excluding steroid dienone is 2. The van der Waals surface area contributed by atoms with Crippen molar-refractivity contribution in [3.8, 4) is 5.75 Å². The SMILES string of the molecule is CCCCCC/C=C\CCCOc1cccc(C(=O)NC(C)[C@@H](OC(CO)[C@@H](O)CO)O[C@@H]2C(CO)O[C@@H](O[C@@H]3C(CO)O[C@@H](O[C@@H]4C(CO)O[C@@H](O[C@@H]5C(CO[C@@H]6OC(C)[C@@H](O)C(O)C6O)O[C@@H](O)C(NC(C)=O)C5O)C(NC(C)=O)C4O)C(NC(C)=O)C3O)C(NC(C)=O)C2O)c1. The van der Waals surface area contributed by atoms with Crippen LogP contribution in [0.25, 0.3) is 0 Å². The van der Waals surface area contributed by atoms with Crippen molar-refractivity contribution in [1.29, 1.82) is 0 Å². The number of aliphatic hydroxyl groups excluding tert-OH is 14. The average Bonchev–Trinajstić information content (AvgIpc) is 0.770. The van der Waals surface area contributed by atoms with Crippen molar-refractivity contribution in [3.63, 3.8) is 0 Å². The molecule has 5 aliphatic rings. The Bertz CT molecular complexity index is 2680. The number of ether oxygens (including phenoxy) is 12. The van der Waals surface area contributed by atoms with E-state index in [1.54, 1.807) is 12.1 Å². The fourth-order valence-corrected chi connectivity index (χ4v) is 12.0. The molecule has 1 aromatic carbocycles. The number of aliphatic hydroxyl groups is 14. The third-order valence-electron chi connectivity index (χ3n) is 17.3. The minimum absolute atomic E-state index is 0.129. The van der Waals surface area contributed by atoms with Crippen molar-refractivity contribution in [2.75, 3.05) is 46.2 Å². The number of amides is 5. The number of hydrogen-bond donors (Lipinski definition) is 19. The molecule has 29 atom stereocenters. The van der Waals surface area contributed by atoms with E-state index in [1.807, 2.05) is 0 Å². The maximum Gasteiger partial charge on any atom is 0.251 e. The molecule has 0 spiro atoms. The van der Waals surface area contributed by atoms with Crippen molar-refractivity contribution >= 4 is 29.5 Å². The Morgan fingerprint density at radius 3 is 1.54 bits per heavy atom. The molecule has 0 bridgehead atoms. The molecule has 6 rings (SSSR count). The lowest BCUT2D eigenvalue weighted by atomic mass is 9.93. The minimum Gasteiger partial charge on any atom is -0.494 e. The fourth-order valence-electron chi connectivity index (χ4n) is 12.0. The van der Waals surface area contributed by atoms with E-state index in [0.29, 0.717) is 18.8 Å². The molecule has 566 valence electrons. The van der Waals surface area contributed by atoms with Gasteiger partial charge in [-0.1, -0.05) is 44.4 Å². The lowest BCUT2D eigenvalue weighted by molar-refractivity contribution is -0.367. The van der Waals surface area contributed by atoms with Crippen LogP contribution in [0.15, 0.2) is 36.4 Å². The predicted molar refractivity (Wildman–Crippen MR) is 335 cm³/mol. The molecule has 5 heterocycles. The molecule has 5 aliphatic heterocycles. The number of carbonyl (C=O) groups is 5. The molecule has 36 nitrogen and oxygen atoms in total. The number of hydrogen-bond acceptors (Lipinski definition) is 31. The number of unbranched alkanes of at least 4 members (excludes halogenated alkanes) is 5. The van der Waals surface area contributed by atoms with Gasteiger partial charge < -0.3 is 155 Å². The number of benzene rings is 1. The van der Waals surface area contributed by atoms with E-state index < -0.39 is 247 Å². The highest BCUT2D eigenvalue weighted by Gasteiger charge is 2.57. The Morgan fingerprint density at radius 2 is 1.04 bits per heavy atom. The second-order valence-corrected chi connectivity index (χ2v) is 25.1. The summed E-state index contributed by atoms with van der Waals surface area (Å²) >= 11 is 0. The summed E-state index contributed by atoms with van der Waals surface area (Å²) in [6.45, 7) is 3.81. The summed E-state index contributed by atoms with van der Waals surface area (Å²) < 4.78 is 72.2. The molecule has 5 saturated heterocycles. The molecule has 0 aliphatic carbocycles. The van der Waals surface area contributed by atoms with Gasteiger partial charge in [0.1, 0.15) is 134 Å². The van der Waals surface area contributed by atoms with Gasteiger partial charge in [-0.3, -0.25) is 24.0 Å². The zero-order valence-corrected chi connectivity index (χ0v) is 56.3. The first-order valence-electron chi connectivity index (χ1n) is 33.2. The molecule has 5 amide bonds. The third kappa shape index (κ3) is 22.8. The van der Waals surface area contributed by atoms with Crippen molar-refractivity contribution < 1.29 is 152 Å². The van der Waals surface area contributed by atoms with Gasteiger partial charge >= 0.3 is 0 Å². The van der Waals surface area contributed by atoms with Gasteiger partial charge in [0, 0.05) is 33.3 Å². The van der Waals surface area contributed by atoms with E-state index >= 15 is 0 Å². The monoisotopic (exact) mass is 1430 g/mol. The number of nitrogens with one attached hydrogen (secondary N) is 5. The zero-order chi connectivity index (χ0) is 72.9. The van der Waals surface area contributed by atoms with E-state index in [1.165, 1.54) is 38.8 Å². The second-order valence-electron chi connectivity index (χ2n) is 25.1. The Kier molecular flexibility index (Phi) is 33.8. The van der Waals surface area contributed by atoms with Crippen LogP contribution in [-0.2, 0) is 71.3 Å². The fraction of sp³-hybridized carbons (Fsp3) is 0.794. The first-order chi connectivity index (χ1) is 47.1. The van der Waals surface area contributed by atoms with Crippen LogP contribution in [0.4, 0.5) is 0 Å². The van der Waals surface area contributed by atoms with Crippen molar-refractivity contribution in [2.24, 2.45) is 0 Å². The van der Waals surface area contributed by atoms with Crippen LogP contribution in [0.5, 0.6) is 5.75 Å². The zero-order valence-electron chi connectivity index (χ0n) is 56.3. The van der Waals surface area contributed by atoms with E-state index in [2.05, 4.69) is 45.7 Å².